The largest absolute Gasteiger partial charge is 0.401 e. The summed E-state index contributed by atoms with van der Waals surface area (Å²) in [6.07, 6.45) is -3.38. The van der Waals surface area contributed by atoms with E-state index in [2.05, 4.69) is 5.73 Å². The van der Waals surface area contributed by atoms with Gasteiger partial charge in [-0.2, -0.15) is 13.2 Å². The van der Waals surface area contributed by atoms with Crippen molar-refractivity contribution in [2.75, 3.05) is 20.1 Å². The minimum atomic E-state index is -4.09. The summed E-state index contributed by atoms with van der Waals surface area (Å²) >= 11 is 0. The van der Waals surface area contributed by atoms with Crippen LogP contribution in [0.25, 0.3) is 0 Å². The molecule has 1 aromatic carbocycles. The summed E-state index contributed by atoms with van der Waals surface area (Å²) in [7, 11) is 1.50. The summed E-state index contributed by atoms with van der Waals surface area (Å²) in [5.41, 5.74) is 6.70. The predicted octanol–water partition coefficient (Wildman–Crippen LogP) is 2.18. The molecule has 1 heterocycles. The molecule has 17 heavy (non-hydrogen) atoms. The first-order valence-corrected chi connectivity index (χ1v) is 5.48. The number of benzene rings is 1. The molecule has 0 aromatic heterocycles. The topological polar surface area (TPSA) is 29.3 Å². The third-order valence-corrected chi connectivity index (χ3v) is 2.61. The van der Waals surface area contributed by atoms with Gasteiger partial charge in [-0.15, -0.1) is 0 Å². The van der Waals surface area contributed by atoms with Gasteiger partial charge in [-0.05, 0) is 24.6 Å². The molecule has 0 spiro atoms. The van der Waals surface area contributed by atoms with Gasteiger partial charge in [0, 0.05) is 13.1 Å². The molecule has 0 atom stereocenters. The van der Waals surface area contributed by atoms with Crippen LogP contribution in [-0.4, -0.2) is 31.2 Å². The number of hydrogen-bond acceptors (Lipinski definition) is 2. The lowest BCUT2D eigenvalue weighted by Gasteiger charge is -2.29. The van der Waals surface area contributed by atoms with Crippen LogP contribution in [0.5, 0.6) is 0 Å². The van der Waals surface area contributed by atoms with Crippen LogP contribution >= 0.6 is 0 Å². The van der Waals surface area contributed by atoms with Crippen LogP contribution in [0.3, 0.4) is 0 Å². The molecule has 2 N–H and O–H groups in total. The summed E-state index contributed by atoms with van der Waals surface area (Å²) in [6, 6.07) is 7.69. The Morgan fingerprint density at radius 2 is 1.76 bits per heavy atom. The van der Waals surface area contributed by atoms with Crippen LogP contribution in [0, 0.1) is 0 Å². The van der Waals surface area contributed by atoms with Crippen LogP contribution in [0.1, 0.15) is 11.1 Å². The quantitative estimate of drug-likeness (QED) is 0.823. The number of nitrogens with two attached hydrogens (primary N) is 1. The molecule has 2 nitrogen and oxygen atoms in total. The van der Waals surface area contributed by atoms with Crippen LogP contribution in [0.4, 0.5) is 13.2 Å². The second-order valence-corrected chi connectivity index (χ2v) is 3.84. The molecular formula is C12H17F3N2. The molecule has 0 bridgehead atoms. The van der Waals surface area contributed by atoms with Crippen LogP contribution < -0.4 is 5.73 Å². The van der Waals surface area contributed by atoms with Crippen molar-refractivity contribution in [1.82, 2.24) is 4.90 Å². The molecular weight excluding hydrogens is 229 g/mol. The minimum absolute atomic E-state index is 0.412. The van der Waals surface area contributed by atoms with Crippen molar-refractivity contribution in [3.05, 3.63) is 35.4 Å². The highest BCUT2D eigenvalue weighted by molar-refractivity contribution is 5.29. The third kappa shape index (κ3) is 4.36. The van der Waals surface area contributed by atoms with E-state index in [9.17, 15) is 13.2 Å². The zero-order valence-electron chi connectivity index (χ0n) is 9.80. The lowest BCUT2D eigenvalue weighted by atomic mass is 10.00. The van der Waals surface area contributed by atoms with Crippen molar-refractivity contribution in [2.24, 2.45) is 5.73 Å². The summed E-state index contributed by atoms with van der Waals surface area (Å²) in [5, 5.41) is 0. The summed E-state index contributed by atoms with van der Waals surface area (Å²) < 4.78 is 36.5. The molecule has 1 aliphatic heterocycles. The Labute approximate surface area is 99.2 Å². The molecule has 2 rings (SSSR count). The Balaban J connectivity index is 0.000000686. The average Bonchev–Trinajstić information content (AvgIpc) is 2.29. The predicted molar refractivity (Wildman–Crippen MR) is 61.6 cm³/mol. The van der Waals surface area contributed by atoms with E-state index in [4.69, 9.17) is 0 Å². The molecule has 0 aliphatic carbocycles. The number of alkyl halides is 3. The first kappa shape index (κ1) is 14.0. The molecule has 96 valence electrons. The molecule has 0 amide bonds. The molecule has 0 unspecified atom stereocenters. The molecule has 0 fully saturated rings. The number of rotatable bonds is 1. The highest BCUT2D eigenvalue weighted by atomic mass is 19.4. The smallest absolute Gasteiger partial charge is 0.333 e. The zero-order valence-corrected chi connectivity index (χ0v) is 9.80. The van der Waals surface area contributed by atoms with Crippen molar-refractivity contribution in [1.29, 1.82) is 0 Å². The fourth-order valence-corrected chi connectivity index (χ4v) is 1.94. The summed E-state index contributed by atoms with van der Waals surface area (Å²) in [4.78, 5) is 1.45. The van der Waals surface area contributed by atoms with E-state index >= 15 is 0 Å². The monoisotopic (exact) mass is 246 g/mol. The maximum absolute atomic E-state index is 12.2. The first-order chi connectivity index (χ1) is 8.04. The number of hydrogen-bond donors (Lipinski definition) is 1. The Kier molecular flexibility index (Phi) is 4.96. The van der Waals surface area contributed by atoms with E-state index in [1.54, 1.807) is 0 Å². The average molecular weight is 246 g/mol. The zero-order chi connectivity index (χ0) is 12.9. The van der Waals surface area contributed by atoms with Crippen molar-refractivity contribution >= 4 is 0 Å². The highest BCUT2D eigenvalue weighted by Crippen LogP contribution is 2.23. The SMILES string of the molecule is CN.FC(F)(F)CN1CCc2ccccc2C1. The van der Waals surface area contributed by atoms with Gasteiger partial charge in [0.1, 0.15) is 0 Å². The van der Waals surface area contributed by atoms with Gasteiger partial charge >= 0.3 is 6.18 Å². The van der Waals surface area contributed by atoms with E-state index in [-0.39, 0.29) is 0 Å². The standard InChI is InChI=1S/C11H12F3N.CH5N/c12-11(13,14)8-15-6-5-9-3-1-2-4-10(9)7-15;1-2/h1-4H,5-8H2;2H2,1H3. The van der Waals surface area contributed by atoms with Gasteiger partial charge in [-0.1, -0.05) is 24.3 Å². The van der Waals surface area contributed by atoms with Crippen molar-refractivity contribution in [2.45, 2.75) is 19.1 Å². The lowest BCUT2D eigenvalue weighted by Crippen LogP contribution is -2.37. The van der Waals surface area contributed by atoms with E-state index in [0.717, 1.165) is 5.56 Å². The first-order valence-electron chi connectivity index (χ1n) is 5.48. The second kappa shape index (κ2) is 6.02. The third-order valence-electron chi connectivity index (χ3n) is 2.61. The van der Waals surface area contributed by atoms with Gasteiger partial charge in [0.25, 0.3) is 0 Å². The fraction of sp³-hybridized carbons (Fsp3) is 0.500. The van der Waals surface area contributed by atoms with Crippen molar-refractivity contribution in [3.8, 4) is 0 Å². The van der Waals surface area contributed by atoms with Gasteiger partial charge in [-0.25, -0.2) is 0 Å². The summed E-state index contributed by atoms with van der Waals surface area (Å²) in [6.45, 7) is 0.105. The van der Waals surface area contributed by atoms with E-state index in [1.807, 2.05) is 24.3 Å². The Morgan fingerprint density at radius 3 is 2.35 bits per heavy atom. The van der Waals surface area contributed by atoms with Gasteiger partial charge in [0.2, 0.25) is 0 Å². The van der Waals surface area contributed by atoms with Gasteiger partial charge in [0.05, 0.1) is 6.54 Å². The maximum Gasteiger partial charge on any atom is 0.401 e. The van der Waals surface area contributed by atoms with Crippen LogP contribution in [0.15, 0.2) is 24.3 Å². The number of nitrogens with zero attached hydrogens (tertiary/aromatic N) is 1. The normalized spacial score (nSPS) is 15.8. The number of fused-ring (bicyclic) bond motifs is 1. The maximum atomic E-state index is 12.2. The van der Waals surface area contributed by atoms with Crippen LogP contribution in [0.2, 0.25) is 0 Å². The van der Waals surface area contributed by atoms with Crippen molar-refractivity contribution < 1.29 is 13.2 Å². The van der Waals surface area contributed by atoms with E-state index < -0.39 is 12.7 Å². The Hall–Kier alpha value is -1.07. The van der Waals surface area contributed by atoms with Crippen molar-refractivity contribution in [3.63, 3.8) is 0 Å². The minimum Gasteiger partial charge on any atom is -0.333 e. The second-order valence-electron chi connectivity index (χ2n) is 3.84. The van der Waals surface area contributed by atoms with Crippen LogP contribution in [-0.2, 0) is 13.0 Å². The van der Waals surface area contributed by atoms with Gasteiger partial charge in [-0.3, -0.25) is 4.90 Å². The highest BCUT2D eigenvalue weighted by Gasteiger charge is 2.31. The molecule has 0 saturated heterocycles. The van der Waals surface area contributed by atoms with Gasteiger partial charge < -0.3 is 5.73 Å². The van der Waals surface area contributed by atoms with Gasteiger partial charge in [0.15, 0.2) is 0 Å². The lowest BCUT2D eigenvalue weighted by molar-refractivity contribution is -0.147. The molecule has 0 radical (unpaired) electrons. The molecule has 0 saturated carbocycles. The van der Waals surface area contributed by atoms with E-state index in [1.165, 1.54) is 17.5 Å². The molecule has 5 heteroatoms. The van der Waals surface area contributed by atoms with E-state index in [0.29, 0.717) is 19.5 Å². The number of halogens is 3. The molecule has 1 aliphatic rings. The fourth-order valence-electron chi connectivity index (χ4n) is 1.94. The Morgan fingerprint density at radius 1 is 1.18 bits per heavy atom. The molecule has 1 aromatic rings. The summed E-state index contributed by atoms with van der Waals surface area (Å²) in [5.74, 6) is 0. The Bertz CT molecular complexity index is 350.